The summed E-state index contributed by atoms with van der Waals surface area (Å²) in [5, 5.41) is 17.5. The van der Waals surface area contributed by atoms with E-state index in [0.717, 1.165) is 10.9 Å². The molecule has 0 radical (unpaired) electrons. The van der Waals surface area contributed by atoms with E-state index in [0.29, 0.717) is 48.8 Å². The van der Waals surface area contributed by atoms with Crippen molar-refractivity contribution < 1.29 is 9.66 Å². The normalized spacial score (nSPS) is 13.9. The molecule has 1 saturated heterocycles. The Labute approximate surface area is 183 Å². The lowest BCUT2D eigenvalue weighted by molar-refractivity contribution is -0.384. The van der Waals surface area contributed by atoms with E-state index >= 15 is 0 Å². The Bertz CT molecular complexity index is 1360. The van der Waals surface area contributed by atoms with Crippen molar-refractivity contribution in [1.82, 2.24) is 9.78 Å². The molecular weight excluding hydrogens is 408 g/mol. The fourth-order valence-electron chi connectivity index (χ4n) is 4.03. The van der Waals surface area contributed by atoms with Gasteiger partial charge in [0.05, 0.1) is 40.6 Å². The van der Waals surface area contributed by atoms with Crippen LogP contribution in [0.5, 0.6) is 0 Å². The molecule has 160 valence electrons. The molecule has 1 aliphatic rings. The van der Waals surface area contributed by atoms with Crippen LogP contribution in [0.25, 0.3) is 27.7 Å². The molecule has 5 rings (SSSR count). The van der Waals surface area contributed by atoms with Crippen molar-refractivity contribution >= 4 is 22.1 Å². The summed E-state index contributed by atoms with van der Waals surface area (Å²) < 4.78 is 6.75. The van der Waals surface area contributed by atoms with Crippen molar-refractivity contribution in [1.29, 1.82) is 0 Å². The fraction of sp³-hybridized carbons (Fsp3) is 0.167. The first-order valence-corrected chi connectivity index (χ1v) is 10.3. The van der Waals surface area contributed by atoms with Crippen molar-refractivity contribution in [2.75, 3.05) is 31.2 Å². The molecule has 2 heterocycles. The highest BCUT2D eigenvalue weighted by molar-refractivity contribution is 5.94. The van der Waals surface area contributed by atoms with E-state index in [-0.39, 0.29) is 11.2 Å². The number of nitro benzene ring substituents is 1. The average Bonchev–Trinajstić information content (AvgIpc) is 2.85. The lowest BCUT2D eigenvalue weighted by atomic mass is 10.0. The highest BCUT2D eigenvalue weighted by Gasteiger charge is 2.22. The molecule has 0 atom stereocenters. The molecule has 4 aromatic rings. The van der Waals surface area contributed by atoms with Gasteiger partial charge in [0, 0.05) is 36.2 Å². The Morgan fingerprint density at radius 1 is 0.875 bits per heavy atom. The standard InChI is InChI=1S/C24H20N4O4/c29-24-20-9-5-4-8-19(20)23(17-6-2-1-3-7-17)25-27(24)22-16-18(28(30)31)10-11-21(22)26-12-14-32-15-13-26/h1-11,16H,12-15H2. The molecule has 0 saturated carbocycles. The van der Waals surface area contributed by atoms with Gasteiger partial charge in [0.1, 0.15) is 0 Å². The van der Waals surface area contributed by atoms with E-state index < -0.39 is 4.92 Å². The van der Waals surface area contributed by atoms with E-state index in [2.05, 4.69) is 4.90 Å². The largest absolute Gasteiger partial charge is 0.378 e. The third-order valence-corrected chi connectivity index (χ3v) is 5.60. The smallest absolute Gasteiger partial charge is 0.279 e. The van der Waals surface area contributed by atoms with Gasteiger partial charge in [-0.25, -0.2) is 0 Å². The predicted octanol–water partition coefficient (Wildman–Crippen LogP) is 3.80. The first kappa shape index (κ1) is 19.9. The average molecular weight is 428 g/mol. The maximum absolute atomic E-state index is 13.5. The molecule has 0 N–H and O–H groups in total. The number of nitro groups is 1. The number of anilines is 1. The second-order valence-electron chi connectivity index (χ2n) is 7.51. The molecule has 1 aromatic heterocycles. The predicted molar refractivity (Wildman–Crippen MR) is 122 cm³/mol. The number of non-ortho nitro benzene ring substituents is 1. The van der Waals surface area contributed by atoms with E-state index in [1.165, 1.54) is 16.8 Å². The van der Waals surface area contributed by atoms with Crippen molar-refractivity contribution in [3.05, 3.63) is 93.3 Å². The molecule has 1 fully saturated rings. The summed E-state index contributed by atoms with van der Waals surface area (Å²) in [6, 6.07) is 21.5. The number of nitrogens with zero attached hydrogens (tertiary/aromatic N) is 4. The quantitative estimate of drug-likeness (QED) is 0.363. The molecule has 0 aliphatic carbocycles. The van der Waals surface area contributed by atoms with Crippen molar-refractivity contribution in [3.63, 3.8) is 0 Å². The van der Waals surface area contributed by atoms with Gasteiger partial charge in [0.15, 0.2) is 0 Å². The summed E-state index contributed by atoms with van der Waals surface area (Å²) in [7, 11) is 0. The number of hydrogen-bond acceptors (Lipinski definition) is 6. The highest BCUT2D eigenvalue weighted by Crippen LogP contribution is 2.31. The van der Waals surface area contributed by atoms with Crippen LogP contribution < -0.4 is 10.5 Å². The van der Waals surface area contributed by atoms with Gasteiger partial charge in [-0.15, -0.1) is 0 Å². The summed E-state index contributed by atoms with van der Waals surface area (Å²) in [4.78, 5) is 26.6. The second-order valence-corrected chi connectivity index (χ2v) is 7.51. The second kappa shape index (κ2) is 8.24. The molecular formula is C24H20N4O4. The van der Waals surface area contributed by atoms with Crippen LogP contribution in [-0.4, -0.2) is 41.0 Å². The van der Waals surface area contributed by atoms with Crippen LogP contribution in [0.2, 0.25) is 0 Å². The molecule has 0 amide bonds. The molecule has 0 bridgehead atoms. The number of aromatic nitrogens is 2. The van der Waals surface area contributed by atoms with Crippen molar-refractivity contribution in [3.8, 4) is 16.9 Å². The number of fused-ring (bicyclic) bond motifs is 1. The van der Waals surface area contributed by atoms with Gasteiger partial charge in [0.25, 0.3) is 11.2 Å². The summed E-state index contributed by atoms with van der Waals surface area (Å²) in [5.41, 5.74) is 2.17. The van der Waals surface area contributed by atoms with E-state index in [1.807, 2.05) is 42.5 Å². The van der Waals surface area contributed by atoms with Crippen molar-refractivity contribution in [2.45, 2.75) is 0 Å². The molecule has 0 spiro atoms. The number of ether oxygens (including phenoxy) is 1. The van der Waals surface area contributed by atoms with E-state index in [4.69, 9.17) is 9.84 Å². The highest BCUT2D eigenvalue weighted by atomic mass is 16.6. The maximum Gasteiger partial charge on any atom is 0.279 e. The Kier molecular flexibility index (Phi) is 5.12. The van der Waals surface area contributed by atoms with Gasteiger partial charge in [-0.05, 0) is 12.1 Å². The minimum absolute atomic E-state index is 0.0971. The van der Waals surface area contributed by atoms with E-state index in [1.54, 1.807) is 18.2 Å². The summed E-state index contributed by atoms with van der Waals surface area (Å²) in [6.45, 7) is 2.34. The number of morpholine rings is 1. The maximum atomic E-state index is 13.5. The van der Waals surface area contributed by atoms with Gasteiger partial charge >= 0.3 is 0 Å². The molecule has 8 nitrogen and oxygen atoms in total. The molecule has 32 heavy (non-hydrogen) atoms. The van der Waals surface area contributed by atoms with Crippen molar-refractivity contribution in [2.24, 2.45) is 0 Å². The lowest BCUT2D eigenvalue weighted by Crippen LogP contribution is -2.37. The van der Waals surface area contributed by atoms with Gasteiger partial charge < -0.3 is 9.64 Å². The lowest BCUT2D eigenvalue weighted by Gasteiger charge is -2.30. The minimum atomic E-state index is -0.462. The zero-order valence-electron chi connectivity index (χ0n) is 17.2. The van der Waals surface area contributed by atoms with Crippen LogP contribution >= 0.6 is 0 Å². The van der Waals surface area contributed by atoms with Crippen LogP contribution in [0.15, 0.2) is 77.6 Å². The monoisotopic (exact) mass is 428 g/mol. The van der Waals surface area contributed by atoms with E-state index in [9.17, 15) is 14.9 Å². The molecule has 3 aromatic carbocycles. The van der Waals surface area contributed by atoms with Crippen LogP contribution in [0, 0.1) is 10.1 Å². The molecule has 0 unspecified atom stereocenters. The zero-order chi connectivity index (χ0) is 22.1. The first-order chi connectivity index (χ1) is 15.6. The number of rotatable bonds is 4. The van der Waals surface area contributed by atoms with Crippen LogP contribution in [0.1, 0.15) is 0 Å². The first-order valence-electron chi connectivity index (χ1n) is 10.3. The fourth-order valence-corrected chi connectivity index (χ4v) is 4.03. The van der Waals surface area contributed by atoms with Gasteiger partial charge in [-0.3, -0.25) is 14.9 Å². The summed E-state index contributed by atoms with van der Waals surface area (Å²) in [6.07, 6.45) is 0. The SMILES string of the molecule is O=c1c2ccccc2c(-c2ccccc2)nn1-c1cc([N+](=O)[O-])ccc1N1CCOCC1. The third-order valence-electron chi connectivity index (χ3n) is 5.60. The Balaban J connectivity index is 1.81. The van der Waals surface area contributed by atoms with Gasteiger partial charge in [-0.2, -0.15) is 9.78 Å². The summed E-state index contributed by atoms with van der Waals surface area (Å²) >= 11 is 0. The minimum Gasteiger partial charge on any atom is -0.378 e. The van der Waals surface area contributed by atoms with Gasteiger partial charge in [0.2, 0.25) is 0 Å². The topological polar surface area (TPSA) is 90.5 Å². The third kappa shape index (κ3) is 3.50. The molecule has 1 aliphatic heterocycles. The van der Waals surface area contributed by atoms with Crippen LogP contribution in [-0.2, 0) is 4.74 Å². The Morgan fingerprint density at radius 2 is 1.56 bits per heavy atom. The zero-order valence-corrected chi connectivity index (χ0v) is 17.2. The Hall–Kier alpha value is -4.04. The van der Waals surface area contributed by atoms with Crippen LogP contribution in [0.4, 0.5) is 11.4 Å². The van der Waals surface area contributed by atoms with Gasteiger partial charge in [-0.1, -0.05) is 48.5 Å². The summed E-state index contributed by atoms with van der Waals surface area (Å²) in [5.74, 6) is 0. The van der Waals surface area contributed by atoms with Crippen LogP contribution in [0.3, 0.4) is 0 Å². The number of hydrogen-bond donors (Lipinski definition) is 0. The number of benzene rings is 3. The Morgan fingerprint density at radius 3 is 2.28 bits per heavy atom. The molecule has 8 heteroatoms.